The molecule has 30 heavy (non-hydrogen) atoms. The summed E-state index contributed by atoms with van der Waals surface area (Å²) in [5, 5.41) is 1.94. The van der Waals surface area contributed by atoms with Crippen LogP contribution in [0.1, 0.15) is 39.0 Å². The van der Waals surface area contributed by atoms with Crippen molar-refractivity contribution < 1.29 is 14.2 Å². The molecule has 166 valence electrons. The van der Waals surface area contributed by atoms with Gasteiger partial charge in [0.15, 0.2) is 0 Å². The Hall–Kier alpha value is -1.04. The van der Waals surface area contributed by atoms with Crippen molar-refractivity contribution in [3.05, 3.63) is 48.5 Å². The average molecular weight is 542 g/mol. The lowest BCUT2D eigenvalue weighted by Gasteiger charge is -2.28. The summed E-state index contributed by atoms with van der Waals surface area (Å²) >= 11 is 7.23. The molecule has 0 aliphatic rings. The number of unbranched alkanes of at least 4 members (excludes halogenated alkanes) is 3. The van der Waals surface area contributed by atoms with Crippen LogP contribution in [-0.2, 0) is 4.74 Å². The second kappa shape index (κ2) is 14.1. The van der Waals surface area contributed by atoms with E-state index in [-0.39, 0.29) is 5.41 Å². The first-order valence-electron chi connectivity index (χ1n) is 10.7. The molecule has 0 aromatic heterocycles. The zero-order valence-corrected chi connectivity index (χ0v) is 21.3. The van der Waals surface area contributed by atoms with Crippen LogP contribution in [0.2, 0.25) is 0 Å². The van der Waals surface area contributed by atoms with E-state index >= 15 is 0 Å². The highest BCUT2D eigenvalue weighted by atomic mass is 79.9. The van der Waals surface area contributed by atoms with Gasteiger partial charge in [-0.25, -0.2) is 0 Å². The van der Waals surface area contributed by atoms with Gasteiger partial charge >= 0.3 is 0 Å². The summed E-state index contributed by atoms with van der Waals surface area (Å²) in [6, 6.07) is 16.4. The molecule has 2 aromatic rings. The second-order valence-electron chi connectivity index (χ2n) is 7.69. The van der Waals surface area contributed by atoms with Crippen molar-refractivity contribution >= 4 is 31.9 Å². The quantitative estimate of drug-likeness (QED) is 0.172. The van der Waals surface area contributed by atoms with E-state index in [2.05, 4.69) is 63.0 Å². The lowest BCUT2D eigenvalue weighted by atomic mass is 9.91. The fourth-order valence-electron chi connectivity index (χ4n) is 3.07. The van der Waals surface area contributed by atoms with E-state index in [1.54, 1.807) is 7.11 Å². The minimum Gasteiger partial charge on any atom is -0.497 e. The molecule has 0 bridgehead atoms. The smallest absolute Gasteiger partial charge is 0.119 e. The second-order valence-corrected chi connectivity index (χ2v) is 8.81. The van der Waals surface area contributed by atoms with Crippen molar-refractivity contribution in [3.63, 3.8) is 0 Å². The minimum absolute atomic E-state index is 0.219. The average Bonchev–Trinajstić information content (AvgIpc) is 2.81. The Morgan fingerprint density at radius 1 is 0.733 bits per heavy atom. The van der Waals surface area contributed by atoms with Crippen LogP contribution in [0.25, 0.3) is 11.1 Å². The van der Waals surface area contributed by atoms with E-state index in [0.29, 0.717) is 0 Å². The van der Waals surface area contributed by atoms with Gasteiger partial charge in [-0.1, -0.05) is 69.5 Å². The molecule has 2 aromatic carbocycles. The fourth-order valence-corrected chi connectivity index (χ4v) is 5.11. The monoisotopic (exact) mass is 540 g/mol. The van der Waals surface area contributed by atoms with E-state index in [1.165, 1.54) is 24.0 Å². The third kappa shape index (κ3) is 8.24. The third-order valence-electron chi connectivity index (χ3n) is 5.45. The highest BCUT2D eigenvalue weighted by Crippen LogP contribution is 2.28. The minimum atomic E-state index is 0.219. The molecule has 0 spiro atoms. The van der Waals surface area contributed by atoms with Crippen LogP contribution in [0, 0.1) is 5.41 Å². The summed E-state index contributed by atoms with van der Waals surface area (Å²) in [4.78, 5) is 0. The molecule has 0 amide bonds. The molecule has 0 radical (unpaired) electrons. The topological polar surface area (TPSA) is 27.7 Å². The number of hydrogen-bond acceptors (Lipinski definition) is 3. The van der Waals surface area contributed by atoms with E-state index in [4.69, 9.17) is 14.2 Å². The first-order valence-corrected chi connectivity index (χ1v) is 13.0. The van der Waals surface area contributed by atoms with Crippen LogP contribution in [-0.4, -0.2) is 37.6 Å². The highest BCUT2D eigenvalue weighted by molar-refractivity contribution is 9.09. The van der Waals surface area contributed by atoms with Gasteiger partial charge in [0, 0.05) is 22.7 Å². The van der Waals surface area contributed by atoms with E-state index in [0.717, 1.165) is 61.2 Å². The Morgan fingerprint density at radius 3 is 1.77 bits per heavy atom. The van der Waals surface area contributed by atoms with Gasteiger partial charge in [-0.2, -0.15) is 0 Å². The van der Waals surface area contributed by atoms with Gasteiger partial charge in [0.25, 0.3) is 0 Å². The van der Waals surface area contributed by atoms with Gasteiger partial charge in [0.2, 0.25) is 0 Å². The maximum atomic E-state index is 5.91. The number of rotatable bonds is 15. The van der Waals surface area contributed by atoms with Crippen molar-refractivity contribution in [2.75, 3.05) is 37.6 Å². The van der Waals surface area contributed by atoms with E-state index in [1.807, 2.05) is 24.3 Å². The van der Waals surface area contributed by atoms with Crippen LogP contribution >= 0.6 is 31.9 Å². The Balaban J connectivity index is 1.57. The molecule has 0 unspecified atom stereocenters. The lowest BCUT2D eigenvalue weighted by Crippen LogP contribution is -2.30. The zero-order chi connectivity index (χ0) is 21.7. The van der Waals surface area contributed by atoms with Crippen LogP contribution in [0.3, 0.4) is 0 Å². The molecule has 0 N–H and O–H groups in total. The largest absolute Gasteiger partial charge is 0.497 e. The van der Waals surface area contributed by atoms with Gasteiger partial charge in [-0.15, -0.1) is 0 Å². The lowest BCUT2D eigenvalue weighted by molar-refractivity contribution is 0.0636. The maximum Gasteiger partial charge on any atom is 0.119 e. The number of benzene rings is 2. The number of methoxy groups -OCH3 is 1. The van der Waals surface area contributed by atoms with Gasteiger partial charge in [0.05, 0.1) is 20.3 Å². The van der Waals surface area contributed by atoms with Gasteiger partial charge in [-0.05, 0) is 61.1 Å². The molecule has 0 heterocycles. The number of alkyl halides is 2. The van der Waals surface area contributed by atoms with Crippen molar-refractivity contribution in [1.29, 1.82) is 0 Å². The first-order chi connectivity index (χ1) is 14.7. The Morgan fingerprint density at radius 2 is 1.27 bits per heavy atom. The molecule has 0 fully saturated rings. The normalized spacial score (nSPS) is 11.5. The Bertz CT molecular complexity index is 689. The standard InChI is InChI=1S/C25H34Br2O3/c1-3-25(18-26,19-27)20-29-16-6-4-5-7-17-30-24-14-10-22(11-15-24)21-8-12-23(28-2)13-9-21/h8-15H,3-7,16-20H2,1-2H3. The van der Waals surface area contributed by atoms with Crippen LogP contribution in [0.15, 0.2) is 48.5 Å². The SMILES string of the molecule is CCC(CBr)(CBr)COCCCCCCOc1ccc(-c2ccc(OC)cc2)cc1. The molecule has 0 saturated carbocycles. The van der Waals surface area contributed by atoms with E-state index in [9.17, 15) is 0 Å². The van der Waals surface area contributed by atoms with Crippen molar-refractivity contribution in [2.45, 2.75) is 39.0 Å². The maximum absolute atomic E-state index is 5.91. The summed E-state index contributed by atoms with van der Waals surface area (Å²) in [5.41, 5.74) is 2.57. The van der Waals surface area contributed by atoms with Crippen molar-refractivity contribution in [3.8, 4) is 22.6 Å². The van der Waals surface area contributed by atoms with Crippen molar-refractivity contribution in [2.24, 2.45) is 5.41 Å². The van der Waals surface area contributed by atoms with Gasteiger partial charge in [-0.3, -0.25) is 0 Å². The molecular formula is C25H34Br2O3. The third-order valence-corrected chi connectivity index (χ3v) is 7.83. The molecule has 2 rings (SSSR count). The molecule has 5 heteroatoms. The van der Waals surface area contributed by atoms with Gasteiger partial charge < -0.3 is 14.2 Å². The zero-order valence-electron chi connectivity index (χ0n) is 18.2. The molecule has 0 atom stereocenters. The number of halogens is 2. The van der Waals surface area contributed by atoms with Crippen LogP contribution < -0.4 is 9.47 Å². The summed E-state index contributed by atoms with van der Waals surface area (Å²) in [7, 11) is 1.68. The fraction of sp³-hybridized carbons (Fsp3) is 0.520. The van der Waals surface area contributed by atoms with Crippen LogP contribution in [0.4, 0.5) is 0 Å². The highest BCUT2D eigenvalue weighted by Gasteiger charge is 2.25. The molecule has 0 saturated heterocycles. The predicted molar refractivity (Wildman–Crippen MR) is 134 cm³/mol. The summed E-state index contributed by atoms with van der Waals surface area (Å²) in [5.74, 6) is 1.80. The number of hydrogen-bond donors (Lipinski definition) is 0. The van der Waals surface area contributed by atoms with Crippen molar-refractivity contribution in [1.82, 2.24) is 0 Å². The summed E-state index contributed by atoms with van der Waals surface area (Å²) in [6.45, 7) is 4.64. The molecule has 0 aliphatic carbocycles. The van der Waals surface area contributed by atoms with E-state index < -0.39 is 0 Å². The molecule has 3 nitrogen and oxygen atoms in total. The first kappa shape index (κ1) is 25.2. The summed E-state index contributed by atoms with van der Waals surface area (Å²) in [6.07, 6.45) is 5.65. The van der Waals surface area contributed by atoms with Crippen LogP contribution in [0.5, 0.6) is 11.5 Å². The summed E-state index contributed by atoms with van der Waals surface area (Å²) < 4.78 is 17.0. The van der Waals surface area contributed by atoms with Gasteiger partial charge in [0.1, 0.15) is 11.5 Å². The Kier molecular flexibility index (Phi) is 11.9. The molecule has 0 aliphatic heterocycles. The predicted octanol–water partition coefficient (Wildman–Crippen LogP) is 7.50. The molecular weight excluding hydrogens is 508 g/mol. The Labute approximate surface area is 198 Å². The number of ether oxygens (including phenoxy) is 3.